The number of Topliss-reactive ketones (excluding diaryl/α,β-unsaturated/α-hetero) is 1. The van der Waals surface area contributed by atoms with Crippen LogP contribution in [0.15, 0.2) is 11.6 Å². The summed E-state index contributed by atoms with van der Waals surface area (Å²) in [6.45, 7) is 23.4. The number of hydrogen-bond donors (Lipinski definition) is 2. The van der Waals surface area contributed by atoms with E-state index >= 15 is 0 Å². The van der Waals surface area contributed by atoms with Crippen molar-refractivity contribution in [2.75, 3.05) is 86.3 Å². The van der Waals surface area contributed by atoms with Crippen molar-refractivity contribution >= 4 is 11.9 Å². The number of amides is 1. The molecule has 0 heterocycles. The van der Waals surface area contributed by atoms with Gasteiger partial charge in [-0.1, -0.05) is 105 Å². The lowest BCUT2D eigenvalue weighted by atomic mass is 9.47. The third kappa shape index (κ3) is 23.0. The number of rotatable bonds is 38. The summed E-state index contributed by atoms with van der Waals surface area (Å²) in [5.41, 5.74) is 2.39. The van der Waals surface area contributed by atoms with E-state index < -0.39 is 0 Å². The molecule has 4 aliphatic carbocycles. The molecular weight excluding hydrogens is 871 g/mol. The number of methoxy groups -OCH3 is 1. The second kappa shape index (κ2) is 36.3. The second-order valence-corrected chi connectivity index (χ2v) is 22.2. The lowest BCUT2D eigenvalue weighted by Gasteiger charge is -2.58. The predicted octanol–water partition coefficient (Wildman–Crippen LogP) is 12.9. The number of carbonyl (C=O) groups excluding carboxylic acids is 2. The molecule has 3 saturated carbocycles. The Labute approximate surface area is 422 Å². The van der Waals surface area contributed by atoms with Gasteiger partial charge in [0.2, 0.25) is 0 Å². The number of fused-ring (bicyclic) bond motifs is 5. The molecule has 0 spiro atoms. The van der Waals surface area contributed by atoms with Gasteiger partial charge in [0.05, 0.1) is 39.6 Å². The van der Waals surface area contributed by atoms with Crippen molar-refractivity contribution in [3.63, 3.8) is 0 Å². The van der Waals surface area contributed by atoms with Crippen molar-refractivity contribution in [2.24, 2.45) is 46.3 Å². The van der Waals surface area contributed by atoms with E-state index in [1.165, 1.54) is 83.5 Å². The smallest absolute Gasteiger partial charge is 0.407 e. The maximum atomic E-state index is 12.6. The maximum absolute atomic E-state index is 12.6. The molecule has 4 aliphatic rings. The zero-order valence-corrected chi connectivity index (χ0v) is 45.8. The average molecular weight is 978 g/mol. The minimum Gasteiger partial charge on any atom is -0.446 e. The SMILES string of the molecule is CCCOC(CO)COCCCCC(=O)CCCCCCCCCOC.CCOCCOCCOCCCNC(=O)O[C@@H]1CC[C@]2(C)C(=CCC3C4CCC([C@@H](C)CCCC(C)C)[C@]4(C)CCC32)C1. The van der Waals surface area contributed by atoms with Gasteiger partial charge in [-0.15, -0.1) is 0 Å². The molecule has 4 rings (SSSR count). The van der Waals surface area contributed by atoms with Gasteiger partial charge in [-0.2, -0.15) is 0 Å². The molecule has 0 aromatic heterocycles. The third-order valence-electron chi connectivity index (χ3n) is 16.6. The lowest BCUT2D eigenvalue weighted by molar-refractivity contribution is -0.119. The van der Waals surface area contributed by atoms with Gasteiger partial charge in [-0.05, 0) is 137 Å². The molecule has 69 heavy (non-hydrogen) atoms. The second-order valence-electron chi connectivity index (χ2n) is 22.2. The Balaban J connectivity index is 0.000000417. The van der Waals surface area contributed by atoms with Gasteiger partial charge < -0.3 is 43.6 Å². The molecule has 0 bridgehead atoms. The first-order chi connectivity index (χ1) is 33.4. The zero-order chi connectivity index (χ0) is 50.2. The number of aliphatic hydroxyl groups excluding tert-OH is 1. The number of carbonyl (C=O) groups is 2. The van der Waals surface area contributed by atoms with Crippen molar-refractivity contribution in [1.82, 2.24) is 5.32 Å². The average Bonchev–Trinajstić information content (AvgIpc) is 3.69. The summed E-state index contributed by atoms with van der Waals surface area (Å²) in [5.74, 6) is 5.49. The van der Waals surface area contributed by atoms with Crippen molar-refractivity contribution in [1.29, 1.82) is 0 Å². The summed E-state index contributed by atoms with van der Waals surface area (Å²) < 4.78 is 38.2. The van der Waals surface area contributed by atoms with Crippen LogP contribution in [0.25, 0.3) is 0 Å². The molecule has 5 unspecified atom stereocenters. The Morgan fingerprint density at radius 3 is 2.09 bits per heavy atom. The van der Waals surface area contributed by atoms with Gasteiger partial charge >= 0.3 is 6.09 Å². The van der Waals surface area contributed by atoms with Gasteiger partial charge in [0, 0.05) is 66.0 Å². The summed E-state index contributed by atoms with van der Waals surface area (Å²) in [6.07, 6.45) is 29.5. The van der Waals surface area contributed by atoms with Crippen molar-refractivity contribution in [3.8, 4) is 0 Å². The Kier molecular flexibility index (Phi) is 32.5. The van der Waals surface area contributed by atoms with Crippen molar-refractivity contribution < 1.29 is 47.9 Å². The number of hydrogen-bond acceptors (Lipinski definition) is 10. The molecule has 3 fully saturated rings. The van der Waals surface area contributed by atoms with E-state index in [0.29, 0.717) is 83.6 Å². The first-order valence-electron chi connectivity index (χ1n) is 28.6. The Bertz CT molecular complexity index is 1360. The molecule has 11 nitrogen and oxygen atoms in total. The summed E-state index contributed by atoms with van der Waals surface area (Å²) >= 11 is 0. The molecule has 0 aromatic rings. The Morgan fingerprint density at radius 1 is 0.725 bits per heavy atom. The number of allylic oxidation sites excluding steroid dienone is 1. The molecule has 0 saturated heterocycles. The molecule has 0 aliphatic heterocycles. The quantitative estimate of drug-likeness (QED) is 0.0455. The third-order valence-corrected chi connectivity index (χ3v) is 16.6. The van der Waals surface area contributed by atoms with E-state index in [0.717, 1.165) is 106 Å². The van der Waals surface area contributed by atoms with E-state index in [-0.39, 0.29) is 30.3 Å². The van der Waals surface area contributed by atoms with Crippen LogP contribution >= 0.6 is 0 Å². The van der Waals surface area contributed by atoms with E-state index in [2.05, 4.69) is 46.0 Å². The topological polar surface area (TPSA) is 131 Å². The van der Waals surface area contributed by atoms with Gasteiger partial charge in [0.15, 0.2) is 0 Å². The summed E-state index contributed by atoms with van der Waals surface area (Å²) in [6, 6.07) is 0. The van der Waals surface area contributed by atoms with Gasteiger partial charge in [0.25, 0.3) is 0 Å². The Morgan fingerprint density at radius 2 is 1.39 bits per heavy atom. The van der Waals surface area contributed by atoms with Crippen LogP contribution in [0.1, 0.15) is 203 Å². The fraction of sp³-hybridized carbons (Fsp3) is 0.931. The fourth-order valence-electron chi connectivity index (χ4n) is 12.7. The summed E-state index contributed by atoms with van der Waals surface area (Å²) in [4.78, 5) is 24.4. The van der Waals surface area contributed by atoms with Crippen LogP contribution in [0.5, 0.6) is 0 Å². The first-order valence-corrected chi connectivity index (χ1v) is 28.6. The molecular formula is C58H107NO10. The summed E-state index contributed by atoms with van der Waals surface area (Å²) in [7, 11) is 1.75. The monoisotopic (exact) mass is 978 g/mol. The maximum Gasteiger partial charge on any atom is 0.407 e. The van der Waals surface area contributed by atoms with E-state index in [4.69, 9.17) is 38.3 Å². The molecule has 9 atom stereocenters. The number of nitrogens with one attached hydrogen (secondary N) is 1. The number of aliphatic hydroxyl groups is 1. The molecule has 0 aromatic carbocycles. The van der Waals surface area contributed by atoms with E-state index in [9.17, 15) is 9.59 Å². The zero-order valence-electron chi connectivity index (χ0n) is 45.8. The minimum absolute atomic E-state index is 0.00244. The molecule has 11 heteroatoms. The highest BCUT2D eigenvalue weighted by molar-refractivity contribution is 5.78. The van der Waals surface area contributed by atoms with Gasteiger partial charge in [-0.25, -0.2) is 4.79 Å². The highest BCUT2D eigenvalue weighted by Crippen LogP contribution is 2.67. The standard InChI is InChI=1S/C37H65NO5.C21H42O5/c1-7-40-22-23-42-25-24-41-21-9-20-38-35(39)43-30-16-18-36(5)29(26-30)12-13-31-33-15-14-32(28(4)11-8-10-27(2)3)37(33,6)19-17-34(31)36;1-3-15-26-21(18-22)19-25-17-12-10-14-20(23)13-9-7-5-4-6-8-11-16-24-2/h12,27-28,30-34H,7-11,13-26H2,1-6H3,(H,38,39);21-22H,3-19H2,1-2H3/t28-,30+,31?,32?,33?,34?,36+,37-;/m0./s1. The molecule has 404 valence electrons. The van der Waals surface area contributed by atoms with Crippen molar-refractivity contribution in [2.45, 2.75) is 215 Å². The van der Waals surface area contributed by atoms with Crippen LogP contribution in [0.2, 0.25) is 0 Å². The van der Waals surface area contributed by atoms with Crippen LogP contribution in [-0.2, 0) is 38.0 Å². The lowest BCUT2D eigenvalue weighted by Crippen LogP contribution is -2.51. The normalized spacial score (nSPS) is 26.0. The molecule has 2 N–H and O–H groups in total. The van der Waals surface area contributed by atoms with Crippen LogP contribution in [0.3, 0.4) is 0 Å². The molecule has 1 amide bonds. The highest BCUT2D eigenvalue weighted by atomic mass is 16.6. The van der Waals surface area contributed by atoms with Crippen LogP contribution in [0, 0.1) is 46.3 Å². The highest BCUT2D eigenvalue weighted by Gasteiger charge is 2.59. The summed E-state index contributed by atoms with van der Waals surface area (Å²) in [5, 5.41) is 12.1. The Hall–Kier alpha value is -1.60. The van der Waals surface area contributed by atoms with Gasteiger partial charge in [0.1, 0.15) is 18.0 Å². The van der Waals surface area contributed by atoms with Crippen LogP contribution < -0.4 is 5.32 Å². The number of alkyl carbamates (subject to hydrolysis) is 1. The van der Waals surface area contributed by atoms with Gasteiger partial charge in [-0.3, -0.25) is 4.79 Å². The number of ketones is 1. The van der Waals surface area contributed by atoms with Crippen LogP contribution in [-0.4, -0.2) is 116 Å². The fourth-order valence-corrected chi connectivity index (χ4v) is 12.7. The van der Waals surface area contributed by atoms with E-state index in [1.54, 1.807) is 12.7 Å². The predicted molar refractivity (Wildman–Crippen MR) is 280 cm³/mol. The van der Waals surface area contributed by atoms with Crippen LogP contribution in [0.4, 0.5) is 4.79 Å². The number of ether oxygens (including phenoxy) is 7. The number of unbranched alkanes of at least 4 members (excludes halogenated alkanes) is 7. The largest absolute Gasteiger partial charge is 0.446 e. The van der Waals surface area contributed by atoms with E-state index in [1.807, 2.05) is 13.8 Å². The van der Waals surface area contributed by atoms with Crippen molar-refractivity contribution in [3.05, 3.63) is 11.6 Å². The molecule has 0 radical (unpaired) electrons. The first kappa shape index (κ1) is 61.7. The minimum atomic E-state index is -0.282.